The number of nitrogens with one attached hydrogen (secondary N) is 1. The minimum absolute atomic E-state index is 0.0574. The summed E-state index contributed by atoms with van der Waals surface area (Å²) in [5.74, 6) is -0.0825. The molecule has 2 aromatic heterocycles. The lowest BCUT2D eigenvalue weighted by Crippen LogP contribution is -2.39. The highest BCUT2D eigenvalue weighted by molar-refractivity contribution is 7.18. The van der Waals surface area contributed by atoms with Gasteiger partial charge in [-0.1, -0.05) is 12.1 Å². The molecule has 1 N–H and O–H groups in total. The summed E-state index contributed by atoms with van der Waals surface area (Å²) < 4.78 is 2.55. The molecular formula is C23H22N4O3S. The average Bonchev–Trinajstić information content (AvgIpc) is 3.23. The second-order valence-corrected chi connectivity index (χ2v) is 8.83. The Kier molecular flexibility index (Phi) is 4.94. The summed E-state index contributed by atoms with van der Waals surface area (Å²) in [5, 5.41) is 0.961. The predicted octanol–water partition coefficient (Wildman–Crippen LogP) is 3.69. The minimum atomic E-state index is -0.677. The largest absolute Gasteiger partial charge is 0.329 e. The maximum atomic E-state index is 13.5. The number of para-hydroxylation sites is 1. The van der Waals surface area contributed by atoms with Gasteiger partial charge in [-0.25, -0.2) is 4.98 Å². The number of fused-ring (bicyclic) bond motifs is 2. The molecule has 1 fully saturated rings. The van der Waals surface area contributed by atoms with Crippen molar-refractivity contribution in [3.05, 3.63) is 73.7 Å². The van der Waals surface area contributed by atoms with E-state index < -0.39 is 11.1 Å². The van der Waals surface area contributed by atoms with Crippen molar-refractivity contribution < 1.29 is 4.79 Å². The van der Waals surface area contributed by atoms with Crippen LogP contribution in [-0.4, -0.2) is 31.9 Å². The molecule has 158 valence electrons. The van der Waals surface area contributed by atoms with Gasteiger partial charge in [0.15, 0.2) is 0 Å². The van der Waals surface area contributed by atoms with Gasteiger partial charge in [0.1, 0.15) is 5.01 Å². The van der Waals surface area contributed by atoms with E-state index in [1.807, 2.05) is 30.0 Å². The summed E-state index contributed by atoms with van der Waals surface area (Å²) in [7, 11) is 0. The van der Waals surface area contributed by atoms with Crippen LogP contribution in [0.25, 0.3) is 21.3 Å². The molecule has 3 heterocycles. The van der Waals surface area contributed by atoms with Crippen LogP contribution in [0.3, 0.4) is 0 Å². The van der Waals surface area contributed by atoms with E-state index >= 15 is 0 Å². The quantitative estimate of drug-likeness (QED) is 0.498. The molecular weight excluding hydrogens is 412 g/mol. The van der Waals surface area contributed by atoms with E-state index in [0.717, 1.165) is 34.5 Å². The summed E-state index contributed by atoms with van der Waals surface area (Å²) in [6.45, 7) is 2.87. The Bertz CT molecular complexity index is 1380. The zero-order chi connectivity index (χ0) is 21.5. The first kappa shape index (κ1) is 19.7. The van der Waals surface area contributed by atoms with Crippen LogP contribution < -0.4 is 11.1 Å². The molecule has 2 aromatic carbocycles. The number of thiazole rings is 1. The number of nitrogens with zero attached hydrogens (tertiary/aromatic N) is 3. The van der Waals surface area contributed by atoms with Crippen molar-refractivity contribution in [2.45, 2.75) is 38.8 Å². The van der Waals surface area contributed by atoms with E-state index in [1.54, 1.807) is 29.5 Å². The summed E-state index contributed by atoms with van der Waals surface area (Å²) in [6.07, 6.45) is 2.89. The van der Waals surface area contributed by atoms with Gasteiger partial charge in [0.05, 0.1) is 27.3 Å². The number of benzene rings is 2. The molecule has 0 saturated carbocycles. The van der Waals surface area contributed by atoms with E-state index in [2.05, 4.69) is 11.1 Å². The van der Waals surface area contributed by atoms with Gasteiger partial charge in [0.25, 0.3) is 5.91 Å². The van der Waals surface area contributed by atoms with Crippen molar-refractivity contribution >= 4 is 38.5 Å². The monoisotopic (exact) mass is 434 g/mol. The Labute approximate surface area is 182 Å². The first-order valence-corrected chi connectivity index (χ1v) is 11.3. The molecule has 4 aromatic rings. The van der Waals surface area contributed by atoms with Gasteiger partial charge in [-0.05, 0) is 56.5 Å². The summed E-state index contributed by atoms with van der Waals surface area (Å²) in [6, 6.07) is 13.1. The number of carbonyl (C=O) groups excluding carboxylic acids is 1. The van der Waals surface area contributed by atoms with Crippen LogP contribution in [0.5, 0.6) is 0 Å². The van der Waals surface area contributed by atoms with E-state index in [0.29, 0.717) is 29.7 Å². The molecule has 1 atom stereocenters. The Morgan fingerprint density at radius 3 is 2.84 bits per heavy atom. The molecule has 1 aliphatic rings. The third kappa shape index (κ3) is 3.37. The highest BCUT2D eigenvalue weighted by atomic mass is 32.1. The molecule has 0 bridgehead atoms. The Hall–Kier alpha value is -3.26. The SMILES string of the molecule is CCn1c(=O)c(=O)[nH]c2cc(C(=O)N3CCCCC3c3nc4ccccc4s3)ccc21. The second kappa shape index (κ2) is 7.77. The van der Waals surface area contributed by atoms with Crippen molar-refractivity contribution in [2.24, 2.45) is 0 Å². The van der Waals surface area contributed by atoms with Gasteiger partial charge in [0.2, 0.25) is 0 Å². The van der Waals surface area contributed by atoms with Crippen molar-refractivity contribution in [3.8, 4) is 0 Å². The van der Waals surface area contributed by atoms with Crippen molar-refractivity contribution in [1.82, 2.24) is 19.4 Å². The second-order valence-electron chi connectivity index (χ2n) is 7.77. The molecule has 0 radical (unpaired) electrons. The maximum Gasteiger partial charge on any atom is 0.316 e. The third-order valence-corrected chi connectivity index (χ3v) is 7.03. The van der Waals surface area contributed by atoms with E-state index in [4.69, 9.17) is 4.98 Å². The van der Waals surface area contributed by atoms with Crippen molar-refractivity contribution in [3.63, 3.8) is 0 Å². The summed E-state index contributed by atoms with van der Waals surface area (Å²) in [5.41, 5.74) is 1.31. The normalized spacial score (nSPS) is 16.8. The number of rotatable bonds is 3. The number of hydrogen-bond donors (Lipinski definition) is 1. The van der Waals surface area contributed by atoms with E-state index in [-0.39, 0.29) is 11.9 Å². The molecule has 1 aliphatic heterocycles. The minimum Gasteiger partial charge on any atom is -0.329 e. The molecule has 0 aliphatic carbocycles. The van der Waals surface area contributed by atoms with Crippen LogP contribution in [-0.2, 0) is 6.54 Å². The number of carbonyl (C=O) groups is 1. The van der Waals surface area contributed by atoms with Crippen molar-refractivity contribution in [2.75, 3.05) is 6.54 Å². The Morgan fingerprint density at radius 1 is 1.19 bits per heavy atom. The highest BCUT2D eigenvalue weighted by Crippen LogP contribution is 2.36. The number of aromatic amines is 1. The van der Waals surface area contributed by atoms with Crippen LogP contribution in [0.15, 0.2) is 52.1 Å². The number of H-pyrrole nitrogens is 1. The first-order chi connectivity index (χ1) is 15.1. The Balaban J connectivity index is 1.54. The predicted molar refractivity (Wildman–Crippen MR) is 122 cm³/mol. The fourth-order valence-corrected chi connectivity index (χ4v) is 5.47. The zero-order valence-electron chi connectivity index (χ0n) is 17.1. The molecule has 1 saturated heterocycles. The van der Waals surface area contributed by atoms with Gasteiger partial charge < -0.3 is 14.5 Å². The lowest BCUT2D eigenvalue weighted by Gasteiger charge is -2.34. The van der Waals surface area contributed by atoms with Gasteiger partial charge in [0, 0.05) is 18.7 Å². The van der Waals surface area contributed by atoms with Crippen LogP contribution in [0.2, 0.25) is 0 Å². The number of piperidine rings is 1. The maximum absolute atomic E-state index is 13.5. The fourth-order valence-electron chi connectivity index (χ4n) is 4.36. The smallest absolute Gasteiger partial charge is 0.316 e. The van der Waals surface area contributed by atoms with Crippen molar-refractivity contribution in [1.29, 1.82) is 0 Å². The molecule has 0 spiro atoms. The van der Waals surface area contributed by atoms with Gasteiger partial charge in [-0.15, -0.1) is 11.3 Å². The van der Waals surface area contributed by atoms with Crippen LogP contribution in [0, 0.1) is 0 Å². The number of likely N-dealkylation sites (tertiary alicyclic amines) is 1. The standard InChI is InChI=1S/C23H22N4O3S/c1-2-26-17-11-10-14(13-16(17)24-20(28)23(26)30)22(29)27-12-6-5-8-18(27)21-25-15-7-3-4-9-19(15)31-21/h3-4,7,9-11,13,18H,2,5-6,8,12H2,1H3,(H,24,28). The van der Waals surface area contributed by atoms with E-state index in [9.17, 15) is 14.4 Å². The topological polar surface area (TPSA) is 88.1 Å². The molecule has 31 heavy (non-hydrogen) atoms. The lowest BCUT2D eigenvalue weighted by molar-refractivity contribution is 0.0611. The number of aromatic nitrogens is 3. The van der Waals surface area contributed by atoms with Gasteiger partial charge in [-0.3, -0.25) is 14.4 Å². The summed E-state index contributed by atoms with van der Waals surface area (Å²) in [4.78, 5) is 46.9. The Morgan fingerprint density at radius 2 is 2.03 bits per heavy atom. The molecule has 7 nitrogen and oxygen atoms in total. The number of amides is 1. The molecule has 1 amide bonds. The van der Waals surface area contributed by atoms with Gasteiger partial charge >= 0.3 is 11.1 Å². The fraction of sp³-hybridized carbons (Fsp3) is 0.304. The van der Waals surface area contributed by atoms with Crippen LogP contribution in [0.1, 0.15) is 47.6 Å². The molecule has 1 unspecified atom stereocenters. The van der Waals surface area contributed by atoms with Gasteiger partial charge in [-0.2, -0.15) is 0 Å². The van der Waals surface area contributed by atoms with Crippen LogP contribution in [0.4, 0.5) is 0 Å². The number of hydrogen-bond acceptors (Lipinski definition) is 5. The third-order valence-electron chi connectivity index (χ3n) is 5.90. The summed E-state index contributed by atoms with van der Waals surface area (Å²) >= 11 is 1.64. The van der Waals surface area contributed by atoms with Crippen LogP contribution >= 0.6 is 11.3 Å². The van der Waals surface area contributed by atoms with E-state index in [1.165, 1.54) is 4.57 Å². The zero-order valence-corrected chi connectivity index (χ0v) is 17.9. The average molecular weight is 435 g/mol. The lowest BCUT2D eigenvalue weighted by atomic mass is 10.0. The molecule has 8 heteroatoms. The highest BCUT2D eigenvalue weighted by Gasteiger charge is 2.31. The first-order valence-electron chi connectivity index (χ1n) is 10.5. The molecule has 5 rings (SSSR count). The number of aryl methyl sites for hydroxylation is 1.